The number of aliphatic hydroxyl groups is 1. The number of hydrogen-bond donors (Lipinski definition) is 1. The minimum absolute atomic E-state index is 0.249. The Hall–Kier alpha value is -1.67. The van der Waals surface area contributed by atoms with Crippen molar-refractivity contribution in [3.8, 4) is 0 Å². The number of aliphatic hydroxyl groups excluding tert-OH is 1. The van der Waals surface area contributed by atoms with Crippen LogP contribution in [-0.2, 0) is 12.8 Å². The van der Waals surface area contributed by atoms with E-state index < -0.39 is 6.10 Å². The zero-order valence-electron chi connectivity index (χ0n) is 10.4. The van der Waals surface area contributed by atoms with Crippen molar-refractivity contribution in [2.24, 2.45) is 0 Å². The van der Waals surface area contributed by atoms with Crippen LogP contribution < -0.4 is 0 Å². The minimum atomic E-state index is -0.540. The smallest absolute Gasteiger partial charge is 0.123 e. The third kappa shape index (κ3) is 3.17. The lowest BCUT2D eigenvalue weighted by atomic mass is 9.99. The molecule has 0 aliphatic rings. The van der Waals surface area contributed by atoms with Gasteiger partial charge in [-0.3, -0.25) is 0 Å². The summed E-state index contributed by atoms with van der Waals surface area (Å²) in [6.07, 6.45) is 0.923. The van der Waals surface area contributed by atoms with Crippen LogP contribution in [0.1, 0.15) is 29.7 Å². The molecule has 0 heterocycles. The summed E-state index contributed by atoms with van der Waals surface area (Å²) in [6.45, 7) is 2.09. The van der Waals surface area contributed by atoms with Crippen molar-refractivity contribution in [2.45, 2.75) is 25.9 Å². The second-order valence-corrected chi connectivity index (χ2v) is 4.44. The fraction of sp³-hybridized carbons (Fsp3) is 0.250. The van der Waals surface area contributed by atoms with Crippen LogP contribution in [0, 0.1) is 5.82 Å². The van der Waals surface area contributed by atoms with Gasteiger partial charge in [0.25, 0.3) is 0 Å². The molecule has 1 atom stereocenters. The predicted octanol–water partition coefficient (Wildman–Crippen LogP) is 3.66. The minimum Gasteiger partial charge on any atom is -0.388 e. The van der Waals surface area contributed by atoms with Gasteiger partial charge in [0.15, 0.2) is 0 Å². The predicted molar refractivity (Wildman–Crippen MR) is 70.9 cm³/mol. The highest BCUT2D eigenvalue weighted by molar-refractivity contribution is 5.27. The van der Waals surface area contributed by atoms with Crippen LogP contribution in [0.25, 0.3) is 0 Å². The molecule has 0 aliphatic carbocycles. The molecule has 2 aromatic carbocycles. The van der Waals surface area contributed by atoms with Crippen LogP contribution in [0.15, 0.2) is 48.5 Å². The zero-order chi connectivity index (χ0) is 13.0. The number of halogens is 1. The monoisotopic (exact) mass is 244 g/mol. The Balaban J connectivity index is 2.11. The second-order valence-electron chi connectivity index (χ2n) is 4.44. The quantitative estimate of drug-likeness (QED) is 0.870. The first-order valence-electron chi connectivity index (χ1n) is 6.20. The normalized spacial score (nSPS) is 12.4. The number of hydrogen-bond acceptors (Lipinski definition) is 1. The van der Waals surface area contributed by atoms with Crippen molar-refractivity contribution in [1.82, 2.24) is 0 Å². The van der Waals surface area contributed by atoms with Crippen molar-refractivity contribution in [3.63, 3.8) is 0 Å². The summed E-state index contributed by atoms with van der Waals surface area (Å²) < 4.78 is 12.8. The van der Waals surface area contributed by atoms with Crippen molar-refractivity contribution in [3.05, 3.63) is 71.0 Å². The van der Waals surface area contributed by atoms with E-state index in [2.05, 4.69) is 6.92 Å². The summed E-state index contributed by atoms with van der Waals surface area (Å²) in [6, 6.07) is 14.2. The average molecular weight is 244 g/mol. The first-order chi connectivity index (χ1) is 8.69. The summed E-state index contributed by atoms with van der Waals surface area (Å²) in [5, 5.41) is 10.2. The summed E-state index contributed by atoms with van der Waals surface area (Å²) in [4.78, 5) is 0. The molecule has 1 N–H and O–H groups in total. The molecule has 0 spiro atoms. The maximum absolute atomic E-state index is 12.8. The van der Waals surface area contributed by atoms with Gasteiger partial charge in [-0.25, -0.2) is 4.39 Å². The van der Waals surface area contributed by atoms with Gasteiger partial charge in [-0.2, -0.15) is 0 Å². The zero-order valence-corrected chi connectivity index (χ0v) is 10.4. The van der Waals surface area contributed by atoms with Crippen LogP contribution in [0.2, 0.25) is 0 Å². The molecule has 0 aromatic heterocycles. The Morgan fingerprint density at radius 2 is 1.78 bits per heavy atom. The van der Waals surface area contributed by atoms with Gasteiger partial charge in [0, 0.05) is 6.42 Å². The molecule has 0 bridgehead atoms. The highest BCUT2D eigenvalue weighted by Crippen LogP contribution is 2.19. The van der Waals surface area contributed by atoms with E-state index in [1.54, 1.807) is 12.1 Å². The van der Waals surface area contributed by atoms with Crippen LogP contribution in [-0.4, -0.2) is 5.11 Å². The Morgan fingerprint density at radius 1 is 1.06 bits per heavy atom. The molecule has 1 unspecified atom stereocenters. The molecule has 18 heavy (non-hydrogen) atoms. The summed E-state index contributed by atoms with van der Waals surface area (Å²) in [5.74, 6) is -0.249. The average Bonchev–Trinajstić information content (AvgIpc) is 2.41. The molecule has 0 amide bonds. The van der Waals surface area contributed by atoms with E-state index in [1.165, 1.54) is 17.7 Å². The molecule has 0 fully saturated rings. The summed E-state index contributed by atoms with van der Waals surface area (Å²) >= 11 is 0. The molecule has 0 radical (unpaired) electrons. The van der Waals surface area contributed by atoms with Crippen molar-refractivity contribution >= 4 is 0 Å². The van der Waals surface area contributed by atoms with Gasteiger partial charge >= 0.3 is 0 Å². The first kappa shape index (κ1) is 12.8. The number of benzene rings is 2. The summed E-state index contributed by atoms with van der Waals surface area (Å²) in [7, 11) is 0. The molecule has 1 nitrogen and oxygen atoms in total. The van der Waals surface area contributed by atoms with Crippen molar-refractivity contribution < 1.29 is 9.50 Å². The Bertz CT molecular complexity index is 505. The SMILES string of the molecule is CCc1cccc(C(O)Cc2ccc(F)cc2)c1. The maximum atomic E-state index is 12.8. The number of aryl methyl sites for hydroxylation is 1. The lowest BCUT2D eigenvalue weighted by Gasteiger charge is -2.12. The molecule has 2 rings (SSSR count). The van der Waals surface area contributed by atoms with E-state index in [9.17, 15) is 9.50 Å². The lowest BCUT2D eigenvalue weighted by molar-refractivity contribution is 0.178. The van der Waals surface area contributed by atoms with E-state index in [1.807, 2.05) is 24.3 Å². The molecular weight excluding hydrogens is 227 g/mol. The number of rotatable bonds is 4. The largest absolute Gasteiger partial charge is 0.388 e. The highest BCUT2D eigenvalue weighted by atomic mass is 19.1. The third-order valence-corrected chi connectivity index (χ3v) is 3.09. The third-order valence-electron chi connectivity index (χ3n) is 3.09. The molecular formula is C16H17FO. The van der Waals surface area contributed by atoms with Gasteiger partial charge in [0.1, 0.15) is 5.82 Å². The topological polar surface area (TPSA) is 20.2 Å². The lowest BCUT2D eigenvalue weighted by Crippen LogP contribution is -2.02. The Kier molecular flexibility index (Phi) is 4.11. The Labute approximate surface area is 107 Å². The van der Waals surface area contributed by atoms with Crippen LogP contribution >= 0.6 is 0 Å². The fourth-order valence-electron chi connectivity index (χ4n) is 1.98. The van der Waals surface area contributed by atoms with Gasteiger partial charge < -0.3 is 5.11 Å². The van der Waals surface area contributed by atoms with Crippen LogP contribution in [0.4, 0.5) is 4.39 Å². The van der Waals surface area contributed by atoms with Gasteiger partial charge in [0.2, 0.25) is 0 Å². The van der Waals surface area contributed by atoms with Crippen molar-refractivity contribution in [1.29, 1.82) is 0 Å². The molecule has 0 saturated carbocycles. The summed E-state index contributed by atoms with van der Waals surface area (Å²) in [5.41, 5.74) is 3.06. The fourth-order valence-corrected chi connectivity index (χ4v) is 1.98. The Morgan fingerprint density at radius 3 is 2.44 bits per heavy atom. The van der Waals surface area contributed by atoms with E-state index in [-0.39, 0.29) is 5.82 Å². The highest BCUT2D eigenvalue weighted by Gasteiger charge is 2.09. The molecule has 94 valence electrons. The van der Waals surface area contributed by atoms with Crippen LogP contribution in [0.3, 0.4) is 0 Å². The van der Waals surface area contributed by atoms with E-state index in [0.29, 0.717) is 6.42 Å². The maximum Gasteiger partial charge on any atom is 0.123 e. The van der Waals surface area contributed by atoms with E-state index in [4.69, 9.17) is 0 Å². The van der Waals surface area contributed by atoms with Gasteiger partial charge in [-0.1, -0.05) is 43.3 Å². The molecule has 2 aromatic rings. The standard InChI is InChI=1S/C16H17FO/c1-2-12-4-3-5-14(10-12)16(18)11-13-6-8-15(17)9-7-13/h3-10,16,18H,2,11H2,1H3. The first-order valence-corrected chi connectivity index (χ1v) is 6.20. The van der Waals surface area contributed by atoms with Gasteiger partial charge in [0.05, 0.1) is 6.10 Å². The molecule has 0 aliphatic heterocycles. The van der Waals surface area contributed by atoms with Gasteiger partial charge in [-0.05, 0) is 35.2 Å². The van der Waals surface area contributed by atoms with E-state index in [0.717, 1.165) is 17.5 Å². The second kappa shape index (κ2) is 5.78. The van der Waals surface area contributed by atoms with E-state index >= 15 is 0 Å². The van der Waals surface area contributed by atoms with Crippen molar-refractivity contribution in [2.75, 3.05) is 0 Å². The van der Waals surface area contributed by atoms with Crippen LogP contribution in [0.5, 0.6) is 0 Å². The molecule has 0 saturated heterocycles. The van der Waals surface area contributed by atoms with Gasteiger partial charge in [-0.15, -0.1) is 0 Å². The molecule has 2 heteroatoms.